The number of hydrogen-bond acceptors (Lipinski definition) is 3. The Morgan fingerprint density at radius 2 is 2.28 bits per heavy atom. The van der Waals surface area contributed by atoms with Crippen LogP contribution in [0.4, 0.5) is 11.4 Å². The summed E-state index contributed by atoms with van der Waals surface area (Å²) in [6, 6.07) is 6.84. The fourth-order valence-corrected chi connectivity index (χ4v) is 2.96. The third kappa shape index (κ3) is 3.51. The third-order valence-electron chi connectivity index (χ3n) is 3.64. The van der Waals surface area contributed by atoms with Crippen molar-refractivity contribution in [3.8, 4) is 0 Å². The van der Waals surface area contributed by atoms with Crippen LogP contribution in [0.3, 0.4) is 0 Å². The molecule has 100 valence electrons. The number of likely N-dealkylation sites (tertiary alicyclic amines) is 1. The zero-order valence-electron chi connectivity index (χ0n) is 11.1. The first kappa shape index (κ1) is 13.9. The molecule has 1 aliphatic heterocycles. The molecule has 1 atom stereocenters. The number of halogens is 1. The molecule has 0 saturated carbocycles. The quantitative estimate of drug-likeness (QED) is 0.642. The zero-order valence-corrected chi connectivity index (χ0v) is 13.3. The van der Waals surface area contributed by atoms with Crippen molar-refractivity contribution in [3.05, 3.63) is 21.8 Å². The zero-order chi connectivity index (χ0) is 13.1. The van der Waals surface area contributed by atoms with E-state index in [-0.39, 0.29) is 0 Å². The van der Waals surface area contributed by atoms with Crippen molar-refractivity contribution < 1.29 is 0 Å². The van der Waals surface area contributed by atoms with E-state index in [0.717, 1.165) is 23.8 Å². The number of nitrogen functional groups attached to an aromatic ring is 1. The standard InChI is InChI=1S/C14H22IN3/c1-10(2)18-6-5-11(9-18)8-17-14-4-3-12(15)7-13(14)16/h3-4,7,10-11,17H,5-6,8-9,16H2,1-2H3. The number of hydrogen-bond donors (Lipinski definition) is 2. The minimum atomic E-state index is 0.665. The summed E-state index contributed by atoms with van der Waals surface area (Å²) in [5.74, 6) is 0.742. The van der Waals surface area contributed by atoms with Gasteiger partial charge >= 0.3 is 0 Å². The first-order valence-corrected chi connectivity index (χ1v) is 7.67. The van der Waals surface area contributed by atoms with Gasteiger partial charge in [-0.25, -0.2) is 0 Å². The van der Waals surface area contributed by atoms with Crippen molar-refractivity contribution in [3.63, 3.8) is 0 Å². The van der Waals surface area contributed by atoms with E-state index >= 15 is 0 Å². The van der Waals surface area contributed by atoms with Crippen LogP contribution in [-0.2, 0) is 0 Å². The summed E-state index contributed by atoms with van der Waals surface area (Å²) in [5.41, 5.74) is 7.92. The van der Waals surface area contributed by atoms with E-state index < -0.39 is 0 Å². The monoisotopic (exact) mass is 359 g/mol. The molecule has 0 amide bonds. The predicted octanol–water partition coefficient (Wildman–Crippen LogP) is 3.02. The Morgan fingerprint density at radius 1 is 1.50 bits per heavy atom. The van der Waals surface area contributed by atoms with Gasteiger partial charge in [-0.05, 0) is 73.5 Å². The molecule has 4 heteroatoms. The molecule has 1 saturated heterocycles. The summed E-state index contributed by atoms with van der Waals surface area (Å²) in [7, 11) is 0. The van der Waals surface area contributed by atoms with Crippen LogP contribution in [0.25, 0.3) is 0 Å². The molecule has 0 bridgehead atoms. The Balaban J connectivity index is 1.85. The molecule has 1 aromatic rings. The van der Waals surface area contributed by atoms with E-state index in [1.807, 2.05) is 6.07 Å². The SMILES string of the molecule is CC(C)N1CCC(CNc2ccc(I)cc2N)C1. The van der Waals surface area contributed by atoms with Gasteiger partial charge in [0.25, 0.3) is 0 Å². The molecule has 1 fully saturated rings. The van der Waals surface area contributed by atoms with Crippen molar-refractivity contribution >= 4 is 34.0 Å². The predicted molar refractivity (Wildman–Crippen MR) is 86.9 cm³/mol. The van der Waals surface area contributed by atoms with Crippen LogP contribution >= 0.6 is 22.6 Å². The molecule has 0 radical (unpaired) electrons. The second-order valence-electron chi connectivity index (χ2n) is 5.36. The maximum absolute atomic E-state index is 6.00. The molecule has 1 heterocycles. The van der Waals surface area contributed by atoms with Crippen LogP contribution in [0.5, 0.6) is 0 Å². The first-order chi connectivity index (χ1) is 8.56. The number of nitrogens with one attached hydrogen (secondary N) is 1. The summed E-state index contributed by atoms with van der Waals surface area (Å²) in [6.45, 7) is 8.00. The van der Waals surface area contributed by atoms with Crippen LogP contribution in [-0.4, -0.2) is 30.6 Å². The van der Waals surface area contributed by atoms with Crippen LogP contribution in [0.1, 0.15) is 20.3 Å². The second kappa shape index (κ2) is 6.10. The van der Waals surface area contributed by atoms with Crippen LogP contribution < -0.4 is 11.1 Å². The van der Waals surface area contributed by atoms with E-state index in [2.05, 4.69) is 58.8 Å². The molecule has 1 unspecified atom stereocenters. The molecular formula is C14H22IN3. The topological polar surface area (TPSA) is 41.3 Å². The van der Waals surface area contributed by atoms with Gasteiger partial charge in [-0.15, -0.1) is 0 Å². The highest BCUT2D eigenvalue weighted by Gasteiger charge is 2.23. The lowest BCUT2D eigenvalue weighted by Gasteiger charge is -2.20. The highest BCUT2D eigenvalue weighted by Crippen LogP contribution is 2.23. The lowest BCUT2D eigenvalue weighted by atomic mass is 10.1. The number of rotatable bonds is 4. The largest absolute Gasteiger partial charge is 0.397 e. The molecule has 18 heavy (non-hydrogen) atoms. The highest BCUT2D eigenvalue weighted by atomic mass is 127. The van der Waals surface area contributed by atoms with Crippen molar-refractivity contribution in [2.75, 3.05) is 30.7 Å². The van der Waals surface area contributed by atoms with Crippen molar-refractivity contribution in [2.24, 2.45) is 5.92 Å². The Bertz CT molecular complexity index is 406. The third-order valence-corrected chi connectivity index (χ3v) is 4.31. The Labute approximate surface area is 123 Å². The molecule has 1 aliphatic rings. The van der Waals surface area contributed by atoms with Gasteiger partial charge in [-0.3, -0.25) is 0 Å². The fraction of sp³-hybridized carbons (Fsp3) is 0.571. The summed E-state index contributed by atoms with van der Waals surface area (Å²) in [4.78, 5) is 2.55. The van der Waals surface area contributed by atoms with Gasteiger partial charge in [0.1, 0.15) is 0 Å². The molecule has 1 aromatic carbocycles. The molecule has 3 N–H and O–H groups in total. The molecular weight excluding hydrogens is 337 g/mol. The maximum Gasteiger partial charge on any atom is 0.0574 e. The lowest BCUT2D eigenvalue weighted by Crippen LogP contribution is -2.29. The van der Waals surface area contributed by atoms with Gasteiger partial charge in [0.2, 0.25) is 0 Å². The van der Waals surface area contributed by atoms with E-state index in [9.17, 15) is 0 Å². The van der Waals surface area contributed by atoms with Gasteiger partial charge in [-0.2, -0.15) is 0 Å². The fourth-order valence-electron chi connectivity index (χ4n) is 2.45. The van der Waals surface area contributed by atoms with Gasteiger partial charge in [0.15, 0.2) is 0 Å². The molecule has 0 aliphatic carbocycles. The summed E-state index contributed by atoms with van der Waals surface area (Å²) >= 11 is 2.28. The van der Waals surface area contributed by atoms with E-state index in [1.54, 1.807) is 0 Å². The number of nitrogens with two attached hydrogens (primary N) is 1. The van der Waals surface area contributed by atoms with Crippen LogP contribution in [0.15, 0.2) is 18.2 Å². The van der Waals surface area contributed by atoms with Gasteiger partial charge < -0.3 is 16.0 Å². The van der Waals surface area contributed by atoms with Crippen molar-refractivity contribution in [1.29, 1.82) is 0 Å². The van der Waals surface area contributed by atoms with Gasteiger partial charge in [-0.1, -0.05) is 0 Å². The Hall–Kier alpha value is -0.490. The smallest absolute Gasteiger partial charge is 0.0574 e. The normalized spacial score (nSPS) is 20.6. The number of anilines is 2. The molecule has 2 rings (SSSR count). The van der Waals surface area contributed by atoms with Crippen molar-refractivity contribution in [1.82, 2.24) is 4.90 Å². The van der Waals surface area contributed by atoms with E-state index in [0.29, 0.717) is 6.04 Å². The first-order valence-electron chi connectivity index (χ1n) is 6.59. The molecule has 0 aromatic heterocycles. The lowest BCUT2D eigenvalue weighted by molar-refractivity contribution is 0.266. The Kier molecular flexibility index (Phi) is 4.72. The van der Waals surface area contributed by atoms with E-state index in [1.165, 1.54) is 23.1 Å². The minimum absolute atomic E-state index is 0.665. The minimum Gasteiger partial charge on any atom is -0.397 e. The summed E-state index contributed by atoms with van der Waals surface area (Å²) < 4.78 is 1.18. The molecule has 3 nitrogen and oxygen atoms in total. The second-order valence-corrected chi connectivity index (χ2v) is 6.60. The summed E-state index contributed by atoms with van der Waals surface area (Å²) in [6.07, 6.45) is 1.29. The van der Waals surface area contributed by atoms with E-state index in [4.69, 9.17) is 5.73 Å². The highest BCUT2D eigenvalue weighted by molar-refractivity contribution is 14.1. The van der Waals surface area contributed by atoms with Crippen LogP contribution in [0.2, 0.25) is 0 Å². The number of benzene rings is 1. The maximum atomic E-state index is 6.00. The van der Waals surface area contributed by atoms with Gasteiger partial charge in [0.05, 0.1) is 11.4 Å². The number of nitrogens with zero attached hydrogens (tertiary/aromatic N) is 1. The average Bonchev–Trinajstić information content (AvgIpc) is 2.76. The average molecular weight is 359 g/mol. The Morgan fingerprint density at radius 3 is 2.89 bits per heavy atom. The molecule has 0 spiro atoms. The van der Waals surface area contributed by atoms with Crippen molar-refractivity contribution in [2.45, 2.75) is 26.3 Å². The summed E-state index contributed by atoms with van der Waals surface area (Å²) in [5, 5.41) is 3.49. The van der Waals surface area contributed by atoms with Gasteiger partial charge in [0, 0.05) is 22.7 Å². The van der Waals surface area contributed by atoms with Crippen LogP contribution in [0, 0.1) is 9.49 Å².